The van der Waals surface area contributed by atoms with Crippen molar-refractivity contribution in [3.8, 4) is 0 Å². The topological polar surface area (TPSA) is 246 Å². The van der Waals surface area contributed by atoms with Gasteiger partial charge in [-0.2, -0.15) is 0 Å². The van der Waals surface area contributed by atoms with Crippen LogP contribution in [-0.2, 0) is 14.3 Å². The molecule has 0 spiro atoms. The standard InChI is InChI=1S/C10H22O7.C4H6O6/c11-1-9(2-12,3-13)7-17-8-10(4-14,5-15)6-16;5-1(3(7)8)2(6)4(9)10/h11-16H,1-8H2;1-2,5-6H,(H,7,8)(H,9,10). The molecule has 0 heterocycles. The number of aliphatic hydroxyl groups is 8. The summed E-state index contributed by atoms with van der Waals surface area (Å²) in [7, 11) is 0. The highest BCUT2D eigenvalue weighted by molar-refractivity contribution is 5.83. The zero-order valence-electron chi connectivity index (χ0n) is 14.5. The number of aliphatic hydroxyl groups excluding tert-OH is 8. The van der Waals surface area contributed by atoms with E-state index in [1.165, 1.54) is 0 Å². The van der Waals surface area contributed by atoms with E-state index in [4.69, 9.17) is 55.8 Å². The van der Waals surface area contributed by atoms with Crippen molar-refractivity contribution in [2.75, 3.05) is 52.9 Å². The Morgan fingerprint density at radius 2 is 0.852 bits per heavy atom. The monoisotopic (exact) mass is 404 g/mol. The van der Waals surface area contributed by atoms with Crippen LogP contribution in [0.2, 0.25) is 0 Å². The van der Waals surface area contributed by atoms with Crippen molar-refractivity contribution in [3.05, 3.63) is 0 Å². The largest absolute Gasteiger partial charge is 0.479 e. The summed E-state index contributed by atoms with van der Waals surface area (Å²) in [5, 5.41) is 86.7. The van der Waals surface area contributed by atoms with Crippen LogP contribution in [0.25, 0.3) is 0 Å². The van der Waals surface area contributed by atoms with Crippen molar-refractivity contribution in [1.82, 2.24) is 0 Å². The van der Waals surface area contributed by atoms with E-state index < -0.39 is 74.6 Å². The molecule has 0 saturated heterocycles. The highest BCUT2D eigenvalue weighted by Gasteiger charge is 2.33. The molecular weight excluding hydrogens is 376 g/mol. The van der Waals surface area contributed by atoms with E-state index in [2.05, 4.69) is 0 Å². The van der Waals surface area contributed by atoms with Gasteiger partial charge in [0.1, 0.15) is 0 Å². The molecule has 13 heteroatoms. The Hall–Kier alpha value is -1.42. The van der Waals surface area contributed by atoms with Crippen molar-refractivity contribution in [2.24, 2.45) is 10.8 Å². The Labute approximate surface area is 154 Å². The molecule has 10 N–H and O–H groups in total. The molecule has 2 atom stereocenters. The molecule has 0 rings (SSSR count). The van der Waals surface area contributed by atoms with E-state index in [1.54, 1.807) is 0 Å². The lowest BCUT2D eigenvalue weighted by atomic mass is 9.91. The summed E-state index contributed by atoms with van der Waals surface area (Å²) in [5.74, 6) is -3.54. The zero-order valence-corrected chi connectivity index (χ0v) is 14.5. The van der Waals surface area contributed by atoms with Crippen LogP contribution in [0.1, 0.15) is 0 Å². The number of ether oxygens (including phenoxy) is 1. The molecular formula is C14H28O13. The van der Waals surface area contributed by atoms with Gasteiger partial charge in [-0.25, -0.2) is 9.59 Å². The van der Waals surface area contributed by atoms with Gasteiger partial charge in [0.2, 0.25) is 0 Å². The first kappa shape index (κ1) is 27.8. The summed E-state index contributed by atoms with van der Waals surface area (Å²) in [6.45, 7) is -3.01. The van der Waals surface area contributed by atoms with Gasteiger partial charge in [-0.05, 0) is 0 Å². The third kappa shape index (κ3) is 9.37. The van der Waals surface area contributed by atoms with Crippen LogP contribution in [0.15, 0.2) is 0 Å². The Bertz CT molecular complexity index is 365. The van der Waals surface area contributed by atoms with Gasteiger partial charge in [-0.15, -0.1) is 0 Å². The molecule has 0 aliphatic heterocycles. The summed E-state index contributed by atoms with van der Waals surface area (Å²) in [5.41, 5.74) is -2.32. The van der Waals surface area contributed by atoms with E-state index in [9.17, 15) is 9.59 Å². The second-order valence-electron chi connectivity index (χ2n) is 6.01. The number of carboxylic acids is 2. The lowest BCUT2D eigenvalue weighted by molar-refractivity contribution is -0.165. The van der Waals surface area contributed by atoms with Crippen LogP contribution in [0.3, 0.4) is 0 Å². The Kier molecular flexibility index (Phi) is 14.1. The number of carbonyl (C=O) groups is 2. The van der Waals surface area contributed by atoms with E-state index in [1.807, 2.05) is 0 Å². The maximum Gasteiger partial charge on any atom is 0.335 e. The molecule has 0 bridgehead atoms. The highest BCUT2D eigenvalue weighted by atomic mass is 16.5. The van der Waals surface area contributed by atoms with Crippen molar-refractivity contribution in [3.63, 3.8) is 0 Å². The number of carboxylic acid groups (broad SMARTS) is 2. The van der Waals surface area contributed by atoms with Crippen LogP contribution < -0.4 is 0 Å². The van der Waals surface area contributed by atoms with Crippen LogP contribution in [0.5, 0.6) is 0 Å². The molecule has 0 aromatic heterocycles. The first-order valence-electron chi connectivity index (χ1n) is 7.59. The van der Waals surface area contributed by atoms with Gasteiger partial charge in [0, 0.05) is 0 Å². The smallest absolute Gasteiger partial charge is 0.335 e. The van der Waals surface area contributed by atoms with E-state index >= 15 is 0 Å². The van der Waals surface area contributed by atoms with Crippen molar-refractivity contribution < 1.29 is 65.4 Å². The molecule has 0 saturated carbocycles. The minimum absolute atomic E-state index is 0.141. The van der Waals surface area contributed by atoms with Gasteiger partial charge in [0.15, 0.2) is 12.2 Å². The van der Waals surface area contributed by atoms with Gasteiger partial charge in [-0.1, -0.05) is 0 Å². The molecule has 0 radical (unpaired) electrons. The van der Waals surface area contributed by atoms with Crippen molar-refractivity contribution >= 4 is 11.9 Å². The maximum atomic E-state index is 9.77. The summed E-state index contributed by atoms with van der Waals surface area (Å²) >= 11 is 0. The SMILES string of the molecule is O=C(O)C(O)C(O)C(=O)O.OCC(CO)(CO)COCC(CO)(CO)CO. The van der Waals surface area contributed by atoms with Crippen LogP contribution in [0, 0.1) is 10.8 Å². The maximum absolute atomic E-state index is 9.77. The predicted octanol–water partition coefficient (Wildman–Crippen LogP) is -5.19. The van der Waals surface area contributed by atoms with Gasteiger partial charge in [0.05, 0.1) is 63.7 Å². The normalized spacial score (nSPS) is 14.1. The summed E-state index contributed by atoms with van der Waals surface area (Å²) in [6, 6.07) is 0. The van der Waals surface area contributed by atoms with Gasteiger partial charge < -0.3 is 55.8 Å². The minimum atomic E-state index is -2.27. The Morgan fingerprint density at radius 3 is 1.00 bits per heavy atom. The average Bonchev–Trinajstić information content (AvgIpc) is 2.68. The first-order chi connectivity index (χ1) is 12.5. The van der Waals surface area contributed by atoms with Crippen molar-refractivity contribution in [1.29, 1.82) is 0 Å². The molecule has 162 valence electrons. The van der Waals surface area contributed by atoms with Crippen molar-refractivity contribution in [2.45, 2.75) is 12.2 Å². The molecule has 0 aromatic rings. The zero-order chi connectivity index (χ0) is 21.7. The van der Waals surface area contributed by atoms with Crippen LogP contribution in [-0.4, -0.2) is 128 Å². The molecule has 27 heavy (non-hydrogen) atoms. The average molecular weight is 404 g/mol. The van der Waals surface area contributed by atoms with Gasteiger partial charge in [0.25, 0.3) is 0 Å². The molecule has 0 aliphatic rings. The van der Waals surface area contributed by atoms with E-state index in [0.29, 0.717) is 0 Å². The fourth-order valence-corrected chi connectivity index (χ4v) is 1.33. The van der Waals surface area contributed by atoms with Gasteiger partial charge >= 0.3 is 11.9 Å². The molecule has 13 nitrogen and oxygen atoms in total. The van der Waals surface area contributed by atoms with Crippen LogP contribution >= 0.6 is 0 Å². The first-order valence-corrected chi connectivity index (χ1v) is 7.59. The number of aliphatic carboxylic acids is 2. The Balaban J connectivity index is 0. The predicted molar refractivity (Wildman–Crippen MR) is 85.5 cm³/mol. The summed E-state index contributed by atoms with van der Waals surface area (Å²) in [6.07, 6.45) is -4.53. The summed E-state index contributed by atoms with van der Waals surface area (Å²) < 4.78 is 5.15. The van der Waals surface area contributed by atoms with Crippen LogP contribution in [0.4, 0.5) is 0 Å². The molecule has 0 amide bonds. The fraction of sp³-hybridized carbons (Fsp3) is 0.857. The minimum Gasteiger partial charge on any atom is -0.479 e. The number of hydrogen-bond acceptors (Lipinski definition) is 11. The second kappa shape index (κ2) is 13.7. The van der Waals surface area contributed by atoms with Gasteiger partial charge in [-0.3, -0.25) is 0 Å². The number of rotatable bonds is 13. The molecule has 0 aromatic carbocycles. The lowest BCUT2D eigenvalue weighted by Crippen LogP contribution is -2.43. The fourth-order valence-electron chi connectivity index (χ4n) is 1.33. The molecule has 2 unspecified atom stereocenters. The third-order valence-corrected chi connectivity index (χ3v) is 3.63. The quantitative estimate of drug-likeness (QED) is 0.138. The Morgan fingerprint density at radius 1 is 0.630 bits per heavy atom. The van der Waals surface area contributed by atoms with E-state index in [0.717, 1.165) is 0 Å². The molecule has 0 fully saturated rings. The number of hydrogen-bond donors (Lipinski definition) is 10. The third-order valence-electron chi connectivity index (χ3n) is 3.63. The van der Waals surface area contributed by atoms with E-state index in [-0.39, 0.29) is 13.2 Å². The summed E-state index contributed by atoms with van der Waals surface area (Å²) in [4.78, 5) is 19.5. The molecule has 0 aliphatic carbocycles. The lowest BCUT2D eigenvalue weighted by Gasteiger charge is -2.31. The second-order valence-corrected chi connectivity index (χ2v) is 6.01. The highest BCUT2D eigenvalue weighted by Crippen LogP contribution is 2.19.